The SMILES string of the molecule is CCCCCCCCCCCCCCC(S)C(=O)[O-].CCCCCCCCCCCCCCC(S)C(=O)[O-].CCCCCCCCCCCCCCC(S)C(=O)[O-].CCCCCCC[CH2][Sn+3]. The number of rotatable bonds is 48. The topological polar surface area (TPSA) is 120 Å². The van der Waals surface area contributed by atoms with Crippen LogP contribution in [0.4, 0.5) is 0 Å². The van der Waals surface area contributed by atoms with E-state index in [9.17, 15) is 29.7 Å². The van der Waals surface area contributed by atoms with Crippen LogP contribution in [0.15, 0.2) is 0 Å². The van der Waals surface area contributed by atoms with Crippen LogP contribution >= 0.6 is 37.9 Å². The van der Waals surface area contributed by atoms with Crippen molar-refractivity contribution in [1.29, 1.82) is 0 Å². The first-order valence-electron chi connectivity index (χ1n) is 28.3. The summed E-state index contributed by atoms with van der Waals surface area (Å²) in [7, 11) is 0. The van der Waals surface area contributed by atoms with Crippen LogP contribution in [0.5, 0.6) is 0 Å². The molecule has 0 aromatic carbocycles. The zero-order chi connectivity index (χ0) is 50.0. The fourth-order valence-electron chi connectivity index (χ4n) is 7.79. The van der Waals surface area contributed by atoms with Gasteiger partial charge in [-0.1, -0.05) is 252 Å². The Balaban J connectivity index is -0.000000400. The van der Waals surface area contributed by atoms with Crippen LogP contribution in [-0.2, 0) is 14.4 Å². The number of carbonyl (C=O) groups excluding carboxylic acids is 3. The summed E-state index contributed by atoms with van der Waals surface area (Å²) in [5.41, 5.74) is 0. The molecule has 0 spiro atoms. The molecular formula is C56H110O6S3Sn. The van der Waals surface area contributed by atoms with Gasteiger partial charge in [-0.05, 0) is 19.3 Å². The summed E-state index contributed by atoms with van der Waals surface area (Å²) < 4.78 is 1.46. The van der Waals surface area contributed by atoms with Gasteiger partial charge in [-0.3, -0.25) is 0 Å². The molecule has 0 aliphatic carbocycles. The molecule has 0 aromatic rings. The van der Waals surface area contributed by atoms with E-state index >= 15 is 0 Å². The first-order chi connectivity index (χ1) is 32.0. The fourth-order valence-corrected chi connectivity index (χ4v) is 9.06. The number of carboxylic acids is 3. The second-order valence-electron chi connectivity index (χ2n) is 19.1. The molecule has 392 valence electrons. The van der Waals surface area contributed by atoms with Crippen molar-refractivity contribution in [3.63, 3.8) is 0 Å². The molecule has 0 saturated heterocycles. The van der Waals surface area contributed by atoms with Crippen molar-refractivity contribution in [1.82, 2.24) is 0 Å². The number of carboxylic acid groups (broad SMARTS) is 3. The molecule has 3 atom stereocenters. The zero-order valence-corrected chi connectivity index (χ0v) is 49.6. The quantitative estimate of drug-likeness (QED) is 0.0317. The van der Waals surface area contributed by atoms with Gasteiger partial charge < -0.3 is 29.7 Å². The van der Waals surface area contributed by atoms with E-state index < -0.39 is 33.7 Å². The van der Waals surface area contributed by atoms with E-state index in [1.54, 1.807) is 22.5 Å². The van der Waals surface area contributed by atoms with E-state index in [0.717, 1.165) is 38.5 Å². The van der Waals surface area contributed by atoms with Gasteiger partial charge in [0.05, 0.1) is 17.9 Å². The van der Waals surface area contributed by atoms with Crippen molar-refractivity contribution in [2.45, 2.75) is 337 Å². The molecule has 0 N–H and O–H groups in total. The molecule has 0 rings (SSSR count). The van der Waals surface area contributed by atoms with Crippen LogP contribution in [0.1, 0.15) is 317 Å². The monoisotopic (exact) mass is 1090 g/mol. The predicted molar refractivity (Wildman–Crippen MR) is 294 cm³/mol. The molecule has 0 radical (unpaired) electrons. The molecule has 6 nitrogen and oxygen atoms in total. The van der Waals surface area contributed by atoms with Crippen LogP contribution in [-0.4, -0.2) is 56.2 Å². The molecule has 0 aliphatic heterocycles. The van der Waals surface area contributed by atoms with E-state index in [4.69, 9.17) is 0 Å². The van der Waals surface area contributed by atoms with E-state index in [0.29, 0.717) is 19.3 Å². The summed E-state index contributed by atoms with van der Waals surface area (Å²) in [6.07, 6.45) is 57.4. The van der Waals surface area contributed by atoms with E-state index in [2.05, 4.69) is 65.6 Å². The minimum atomic E-state index is -1.04. The summed E-state index contributed by atoms with van der Waals surface area (Å²) in [6, 6.07) is 0. The maximum atomic E-state index is 10.4. The predicted octanol–water partition coefficient (Wildman–Crippen LogP) is 15.3. The van der Waals surface area contributed by atoms with E-state index in [-0.39, 0.29) is 0 Å². The van der Waals surface area contributed by atoms with Crippen LogP contribution in [0.25, 0.3) is 0 Å². The Bertz CT molecular complexity index is 835. The third-order valence-electron chi connectivity index (χ3n) is 12.3. The van der Waals surface area contributed by atoms with Crippen molar-refractivity contribution in [2.24, 2.45) is 0 Å². The van der Waals surface area contributed by atoms with Gasteiger partial charge in [0.25, 0.3) is 0 Å². The first-order valence-corrected chi connectivity index (χ1v) is 31.8. The Kier molecular flexibility index (Phi) is 72.0. The molecule has 0 fully saturated rings. The molecule has 3 unspecified atom stereocenters. The average Bonchev–Trinajstić information content (AvgIpc) is 3.30. The molecular weight excluding hydrogens is 984 g/mol. The standard InChI is InChI=1S/3C16H32O2S.C8H17.Sn/c3*1-2-3-4-5-6-7-8-9-10-11-12-13-14-15(19)16(17)18;1-3-5-7-8-6-4-2;/h3*15,19H,2-14H2,1H3,(H,17,18);1,3-8H2,2H3;/q;;;;+3/p-3. The number of carbonyl (C=O) groups is 3. The molecule has 0 heterocycles. The van der Waals surface area contributed by atoms with Crippen molar-refractivity contribution >= 4 is 78.3 Å². The van der Waals surface area contributed by atoms with Gasteiger partial charge in [-0.2, -0.15) is 37.9 Å². The summed E-state index contributed by atoms with van der Waals surface area (Å²) in [4.78, 5) is 31.3. The summed E-state index contributed by atoms with van der Waals surface area (Å²) in [5, 5.41) is 29.6. The van der Waals surface area contributed by atoms with Crippen molar-refractivity contribution in [3.8, 4) is 0 Å². The summed E-state index contributed by atoms with van der Waals surface area (Å²) in [6.45, 7) is 9.03. The molecule has 10 heteroatoms. The Hall–Kier alpha value is 0.259. The number of hydrogen-bond donors (Lipinski definition) is 3. The number of hydrogen-bond acceptors (Lipinski definition) is 9. The Morgan fingerprint density at radius 3 is 0.561 bits per heavy atom. The molecule has 0 aromatic heterocycles. The van der Waals surface area contributed by atoms with Gasteiger partial charge in [0.2, 0.25) is 0 Å². The van der Waals surface area contributed by atoms with Crippen molar-refractivity contribution in [3.05, 3.63) is 0 Å². The minimum absolute atomic E-state index is 0.580. The number of unbranched alkanes of at least 4 members (excludes halogenated alkanes) is 38. The van der Waals surface area contributed by atoms with Gasteiger partial charge in [0, 0.05) is 15.7 Å². The van der Waals surface area contributed by atoms with Crippen LogP contribution in [0, 0.1) is 0 Å². The number of thiol groups is 3. The first kappa shape index (κ1) is 72.8. The van der Waals surface area contributed by atoms with Crippen LogP contribution in [0.2, 0.25) is 4.44 Å². The second kappa shape index (κ2) is 65.3. The van der Waals surface area contributed by atoms with Gasteiger partial charge in [0.15, 0.2) is 0 Å². The zero-order valence-electron chi connectivity index (χ0n) is 44.1. The van der Waals surface area contributed by atoms with E-state index in [1.807, 2.05) is 0 Å². The third-order valence-corrected chi connectivity index (χ3v) is 14.8. The molecule has 0 saturated carbocycles. The van der Waals surface area contributed by atoms with E-state index in [1.165, 1.54) is 236 Å². The van der Waals surface area contributed by atoms with Crippen LogP contribution < -0.4 is 15.3 Å². The van der Waals surface area contributed by atoms with Gasteiger partial charge in [-0.15, -0.1) is 0 Å². The average molecular weight is 1090 g/mol. The van der Waals surface area contributed by atoms with Crippen LogP contribution in [0.3, 0.4) is 0 Å². The van der Waals surface area contributed by atoms with Crippen molar-refractivity contribution < 1.29 is 29.7 Å². The third kappa shape index (κ3) is 70.8. The molecule has 66 heavy (non-hydrogen) atoms. The normalized spacial score (nSPS) is 12.2. The summed E-state index contributed by atoms with van der Waals surface area (Å²) >= 11 is 13.6. The Morgan fingerprint density at radius 1 is 0.288 bits per heavy atom. The maximum absolute atomic E-state index is 10.4. The van der Waals surface area contributed by atoms with Gasteiger partial charge in [-0.25, -0.2) is 0 Å². The Morgan fingerprint density at radius 2 is 0.424 bits per heavy atom. The molecule has 0 aliphatic rings. The second-order valence-corrected chi connectivity index (χ2v) is 22.4. The summed E-state index contributed by atoms with van der Waals surface area (Å²) in [5.74, 6) is -3.11. The van der Waals surface area contributed by atoms with Crippen molar-refractivity contribution in [2.75, 3.05) is 0 Å². The fraction of sp³-hybridized carbons (Fsp3) is 0.946. The molecule has 0 bridgehead atoms. The van der Waals surface area contributed by atoms with Gasteiger partial charge in [0.1, 0.15) is 0 Å². The molecule has 0 amide bonds. The Labute approximate surface area is 441 Å². The number of aliphatic carboxylic acids is 3. The van der Waals surface area contributed by atoms with Gasteiger partial charge >= 0.3 is 72.4 Å².